The molecule has 1 rings (SSSR count). The Kier molecular flexibility index (Phi) is 7.60. The van der Waals surface area contributed by atoms with Crippen LogP contribution >= 0.6 is 22.6 Å². The van der Waals surface area contributed by atoms with Crippen molar-refractivity contribution in [3.63, 3.8) is 0 Å². The van der Waals surface area contributed by atoms with Gasteiger partial charge in [-0.3, -0.25) is 0 Å². The summed E-state index contributed by atoms with van der Waals surface area (Å²) in [6, 6.07) is 0. The van der Waals surface area contributed by atoms with Crippen molar-refractivity contribution in [2.24, 2.45) is 0 Å². The molecule has 22 heavy (non-hydrogen) atoms. The van der Waals surface area contributed by atoms with Crippen LogP contribution in [0.15, 0.2) is 43.0 Å². The van der Waals surface area contributed by atoms with Crippen LogP contribution in [0.4, 0.5) is 0 Å². The van der Waals surface area contributed by atoms with E-state index in [1.165, 1.54) is 37.0 Å². The quantitative estimate of drug-likeness (QED) is 0.362. The van der Waals surface area contributed by atoms with Crippen molar-refractivity contribution in [3.05, 3.63) is 74.4 Å². The summed E-state index contributed by atoms with van der Waals surface area (Å²) in [6.45, 7) is 14.4. The second kappa shape index (κ2) is 8.94. The molecule has 0 heterocycles. The molecule has 1 aromatic carbocycles. The molecular formula is C21H25I. The molecule has 0 atom stereocenters. The summed E-state index contributed by atoms with van der Waals surface area (Å²) in [7, 11) is 0. The first kappa shape index (κ1) is 18.7. The average molecular weight is 404 g/mol. The first-order valence-electron chi connectivity index (χ1n) is 7.57. The molecule has 0 nitrogen and oxygen atoms in total. The molecule has 0 saturated heterocycles. The molecule has 0 aromatic heterocycles. The zero-order chi connectivity index (χ0) is 16.7. The number of allylic oxidation sites excluding steroid dienone is 7. The third-order valence-corrected chi connectivity index (χ3v) is 5.09. The molecule has 116 valence electrons. The summed E-state index contributed by atoms with van der Waals surface area (Å²) in [5, 5.41) is 0. The Morgan fingerprint density at radius 1 is 0.955 bits per heavy atom. The number of rotatable bonds is 5. The molecule has 0 spiro atoms. The first-order chi connectivity index (χ1) is 10.5. The van der Waals surface area contributed by atoms with Gasteiger partial charge in [0.25, 0.3) is 0 Å². The van der Waals surface area contributed by atoms with Crippen molar-refractivity contribution in [1.29, 1.82) is 0 Å². The summed E-state index contributed by atoms with van der Waals surface area (Å²) in [4.78, 5) is 0. The monoisotopic (exact) mass is 404 g/mol. The van der Waals surface area contributed by atoms with Crippen LogP contribution in [-0.2, 0) is 0 Å². The zero-order valence-corrected chi connectivity index (χ0v) is 16.4. The molecule has 0 aliphatic rings. The van der Waals surface area contributed by atoms with E-state index in [1.807, 2.05) is 12.2 Å². The van der Waals surface area contributed by atoms with Crippen LogP contribution in [-0.4, -0.2) is 0 Å². The summed E-state index contributed by atoms with van der Waals surface area (Å²) in [6.07, 6.45) is 16.8. The Bertz CT molecular complexity index is 668. The molecule has 0 aliphatic heterocycles. The third-order valence-electron chi connectivity index (χ3n) is 3.70. The maximum atomic E-state index is 3.80. The lowest BCUT2D eigenvalue weighted by Gasteiger charge is -2.19. The van der Waals surface area contributed by atoms with Crippen LogP contribution in [0.2, 0.25) is 0 Å². The molecular weight excluding hydrogens is 379 g/mol. The van der Waals surface area contributed by atoms with Crippen molar-refractivity contribution in [3.8, 4) is 0 Å². The highest BCUT2D eigenvalue weighted by molar-refractivity contribution is 14.1. The van der Waals surface area contributed by atoms with E-state index in [4.69, 9.17) is 0 Å². The Labute approximate surface area is 149 Å². The lowest BCUT2D eigenvalue weighted by molar-refractivity contribution is 1.29. The molecule has 0 radical (unpaired) electrons. The SMILES string of the molecule is C=C/C=C\c1c(C)c(I)c(/C=C\C)c(C)c1C(/C=C\C)=C/C. The van der Waals surface area contributed by atoms with Crippen molar-refractivity contribution in [2.45, 2.75) is 34.6 Å². The molecule has 1 aromatic rings. The minimum atomic E-state index is 1.26. The van der Waals surface area contributed by atoms with E-state index in [1.54, 1.807) is 0 Å². The number of halogens is 1. The van der Waals surface area contributed by atoms with E-state index in [0.717, 1.165) is 0 Å². The van der Waals surface area contributed by atoms with Crippen molar-refractivity contribution >= 4 is 40.3 Å². The second-order valence-corrected chi connectivity index (χ2v) is 6.18. The van der Waals surface area contributed by atoms with Crippen LogP contribution in [0.1, 0.15) is 48.6 Å². The fourth-order valence-electron chi connectivity index (χ4n) is 2.62. The molecule has 0 fully saturated rings. The summed E-state index contributed by atoms with van der Waals surface area (Å²) < 4.78 is 1.32. The standard InChI is InChI=1S/C21H25I/c1-7-11-14-18-16(6)21(22)19(13-9-3)15(5)20(18)17(10-4)12-8-2/h7-14H,1H2,2-6H3/b12-8-,13-9-,14-11-,17-10+. The van der Waals surface area contributed by atoms with Gasteiger partial charge in [-0.15, -0.1) is 0 Å². The van der Waals surface area contributed by atoms with Gasteiger partial charge in [-0.1, -0.05) is 55.2 Å². The van der Waals surface area contributed by atoms with Crippen LogP contribution in [0.25, 0.3) is 17.7 Å². The van der Waals surface area contributed by atoms with Gasteiger partial charge >= 0.3 is 0 Å². The van der Waals surface area contributed by atoms with Crippen LogP contribution in [0.3, 0.4) is 0 Å². The van der Waals surface area contributed by atoms with Gasteiger partial charge in [-0.05, 0) is 90.6 Å². The predicted molar refractivity (Wildman–Crippen MR) is 111 cm³/mol. The molecule has 0 N–H and O–H groups in total. The Morgan fingerprint density at radius 2 is 1.64 bits per heavy atom. The van der Waals surface area contributed by atoms with Crippen molar-refractivity contribution in [1.82, 2.24) is 0 Å². The van der Waals surface area contributed by atoms with Crippen molar-refractivity contribution in [2.75, 3.05) is 0 Å². The smallest absolute Gasteiger partial charge is 0.0240 e. The van der Waals surface area contributed by atoms with Crippen LogP contribution in [0, 0.1) is 17.4 Å². The lowest BCUT2D eigenvalue weighted by Crippen LogP contribution is -2.02. The second-order valence-electron chi connectivity index (χ2n) is 5.11. The maximum Gasteiger partial charge on any atom is 0.0240 e. The van der Waals surface area contributed by atoms with Gasteiger partial charge in [0.05, 0.1) is 0 Å². The summed E-state index contributed by atoms with van der Waals surface area (Å²) in [5.41, 5.74) is 7.80. The summed E-state index contributed by atoms with van der Waals surface area (Å²) >= 11 is 2.46. The largest absolute Gasteiger partial charge is 0.0991 e. The lowest BCUT2D eigenvalue weighted by atomic mass is 9.87. The Balaban J connectivity index is 3.90. The zero-order valence-electron chi connectivity index (χ0n) is 14.2. The fourth-order valence-corrected chi connectivity index (χ4v) is 3.50. The third kappa shape index (κ3) is 3.89. The van der Waals surface area contributed by atoms with E-state index in [-0.39, 0.29) is 0 Å². The van der Waals surface area contributed by atoms with Gasteiger partial charge in [0, 0.05) is 3.57 Å². The highest BCUT2D eigenvalue weighted by Crippen LogP contribution is 2.35. The number of benzene rings is 1. The van der Waals surface area contributed by atoms with E-state index in [0.29, 0.717) is 0 Å². The van der Waals surface area contributed by atoms with Gasteiger partial charge in [0.15, 0.2) is 0 Å². The predicted octanol–water partition coefficient (Wildman–Crippen LogP) is 7.12. The molecule has 0 saturated carbocycles. The van der Waals surface area contributed by atoms with Gasteiger partial charge in [0.1, 0.15) is 0 Å². The van der Waals surface area contributed by atoms with Gasteiger partial charge in [-0.25, -0.2) is 0 Å². The fraction of sp³-hybridized carbons (Fsp3) is 0.238. The highest BCUT2D eigenvalue weighted by Gasteiger charge is 2.16. The molecule has 0 unspecified atom stereocenters. The van der Waals surface area contributed by atoms with Crippen LogP contribution < -0.4 is 0 Å². The Hall–Kier alpha value is -1.35. The van der Waals surface area contributed by atoms with E-state index < -0.39 is 0 Å². The van der Waals surface area contributed by atoms with E-state index in [2.05, 4.69) is 100 Å². The molecule has 0 aliphatic carbocycles. The maximum absolute atomic E-state index is 3.80. The summed E-state index contributed by atoms with van der Waals surface area (Å²) in [5.74, 6) is 0. The van der Waals surface area contributed by atoms with Crippen LogP contribution in [0.5, 0.6) is 0 Å². The average Bonchev–Trinajstić information content (AvgIpc) is 2.52. The van der Waals surface area contributed by atoms with Crippen molar-refractivity contribution < 1.29 is 0 Å². The van der Waals surface area contributed by atoms with E-state index in [9.17, 15) is 0 Å². The number of hydrogen-bond acceptors (Lipinski definition) is 0. The molecule has 0 bridgehead atoms. The van der Waals surface area contributed by atoms with Gasteiger partial charge < -0.3 is 0 Å². The minimum Gasteiger partial charge on any atom is -0.0991 e. The Morgan fingerprint density at radius 3 is 2.14 bits per heavy atom. The number of hydrogen-bond donors (Lipinski definition) is 0. The highest BCUT2D eigenvalue weighted by atomic mass is 127. The van der Waals surface area contributed by atoms with E-state index >= 15 is 0 Å². The van der Waals surface area contributed by atoms with Gasteiger partial charge in [0.2, 0.25) is 0 Å². The molecule has 1 heteroatoms. The minimum absolute atomic E-state index is 1.26. The topological polar surface area (TPSA) is 0 Å². The normalized spacial score (nSPS) is 12.9. The van der Waals surface area contributed by atoms with Gasteiger partial charge in [-0.2, -0.15) is 0 Å². The first-order valence-corrected chi connectivity index (χ1v) is 8.65. The molecule has 0 amide bonds.